The number of urea groups is 1. The summed E-state index contributed by atoms with van der Waals surface area (Å²) in [6, 6.07) is 6.42. The van der Waals surface area contributed by atoms with Crippen molar-refractivity contribution in [1.82, 2.24) is 20.2 Å². The van der Waals surface area contributed by atoms with Crippen LogP contribution in [0.15, 0.2) is 29.1 Å². The molecule has 0 aliphatic carbocycles. The number of hydrogen-bond acceptors (Lipinski definition) is 6. The highest BCUT2D eigenvalue weighted by Crippen LogP contribution is 2.18. The van der Waals surface area contributed by atoms with Crippen LogP contribution >= 0.6 is 0 Å². The molecule has 2 amide bonds. The summed E-state index contributed by atoms with van der Waals surface area (Å²) in [4.78, 5) is 43.5. The van der Waals surface area contributed by atoms with Crippen molar-refractivity contribution in [3.8, 4) is 0 Å². The molecule has 9 nitrogen and oxygen atoms in total. The van der Waals surface area contributed by atoms with E-state index in [1.165, 1.54) is 7.11 Å². The first kappa shape index (κ1) is 21.6. The molecule has 0 saturated carbocycles. The number of para-hydroxylation sites is 2. The molecule has 1 saturated heterocycles. The van der Waals surface area contributed by atoms with Crippen LogP contribution in [0.25, 0.3) is 11.0 Å². The topological polar surface area (TPSA) is 106 Å². The molecular formula is C21H29N5O4. The van der Waals surface area contributed by atoms with Crippen LogP contribution in [-0.2, 0) is 16.6 Å². The number of esters is 1. The predicted molar refractivity (Wildman–Crippen MR) is 115 cm³/mol. The maximum Gasteiger partial charge on any atom is 0.328 e. The second-order valence-corrected chi connectivity index (χ2v) is 7.91. The highest BCUT2D eigenvalue weighted by molar-refractivity contribution is 5.83. The Morgan fingerprint density at radius 2 is 1.87 bits per heavy atom. The van der Waals surface area contributed by atoms with Gasteiger partial charge in [-0.1, -0.05) is 26.0 Å². The summed E-state index contributed by atoms with van der Waals surface area (Å²) in [7, 11) is 3.05. The van der Waals surface area contributed by atoms with Gasteiger partial charge in [-0.25, -0.2) is 14.6 Å². The molecule has 0 bridgehead atoms. The Labute approximate surface area is 175 Å². The van der Waals surface area contributed by atoms with E-state index in [4.69, 9.17) is 4.74 Å². The molecule has 1 aromatic carbocycles. The molecule has 162 valence electrons. The number of benzene rings is 1. The van der Waals surface area contributed by atoms with E-state index in [1.54, 1.807) is 11.6 Å². The number of fused-ring (bicyclic) bond motifs is 1. The fraction of sp³-hybridized carbons (Fsp3) is 0.524. The average Bonchev–Trinajstić information content (AvgIpc) is 2.74. The summed E-state index contributed by atoms with van der Waals surface area (Å²) < 4.78 is 6.37. The lowest BCUT2D eigenvalue weighted by Gasteiger charge is -2.33. The van der Waals surface area contributed by atoms with Crippen molar-refractivity contribution in [2.45, 2.75) is 38.8 Å². The van der Waals surface area contributed by atoms with Crippen molar-refractivity contribution >= 4 is 28.9 Å². The fourth-order valence-corrected chi connectivity index (χ4v) is 3.70. The number of aryl methyl sites for hydroxylation is 1. The first-order valence-corrected chi connectivity index (χ1v) is 10.2. The van der Waals surface area contributed by atoms with Gasteiger partial charge in [-0.2, -0.15) is 0 Å². The molecule has 0 radical (unpaired) electrons. The van der Waals surface area contributed by atoms with Crippen LogP contribution in [0, 0.1) is 5.92 Å². The van der Waals surface area contributed by atoms with E-state index in [1.807, 2.05) is 43.0 Å². The molecule has 2 N–H and O–H groups in total. The molecule has 0 unspecified atom stereocenters. The van der Waals surface area contributed by atoms with Crippen molar-refractivity contribution in [3.63, 3.8) is 0 Å². The second-order valence-electron chi connectivity index (χ2n) is 7.91. The zero-order valence-corrected chi connectivity index (χ0v) is 17.8. The van der Waals surface area contributed by atoms with Crippen LogP contribution in [0.3, 0.4) is 0 Å². The van der Waals surface area contributed by atoms with Crippen molar-refractivity contribution in [2.24, 2.45) is 13.0 Å². The van der Waals surface area contributed by atoms with Gasteiger partial charge in [-0.05, 0) is 30.9 Å². The Morgan fingerprint density at radius 1 is 1.20 bits per heavy atom. The SMILES string of the molecule is COC(=O)[C@@H](NC(=O)NC1CCN(c2nc3ccccc3n(C)c2=O)CC1)C(C)C. The summed E-state index contributed by atoms with van der Waals surface area (Å²) in [5.74, 6) is -0.113. The van der Waals surface area contributed by atoms with Crippen LogP contribution in [0.5, 0.6) is 0 Å². The van der Waals surface area contributed by atoms with Crippen molar-refractivity contribution < 1.29 is 14.3 Å². The lowest BCUT2D eigenvalue weighted by atomic mass is 10.0. The van der Waals surface area contributed by atoms with E-state index < -0.39 is 18.0 Å². The number of methoxy groups -OCH3 is 1. The van der Waals surface area contributed by atoms with Gasteiger partial charge in [0.05, 0.1) is 18.1 Å². The summed E-state index contributed by atoms with van der Waals surface area (Å²) >= 11 is 0. The van der Waals surface area contributed by atoms with E-state index in [2.05, 4.69) is 15.6 Å². The Morgan fingerprint density at radius 3 is 2.50 bits per heavy atom. The fourth-order valence-electron chi connectivity index (χ4n) is 3.70. The number of nitrogens with zero attached hydrogens (tertiary/aromatic N) is 3. The number of ether oxygens (including phenoxy) is 1. The number of nitrogens with one attached hydrogen (secondary N) is 2. The number of aromatic nitrogens is 2. The standard InChI is InChI=1S/C21H29N5O4/c1-13(2)17(20(28)30-4)24-21(29)22-14-9-11-26(12-10-14)18-19(27)25(3)16-8-6-5-7-15(16)23-18/h5-8,13-14,17H,9-12H2,1-4H3,(H2,22,24,29)/t17-/m0/s1. The first-order valence-electron chi connectivity index (χ1n) is 10.2. The zero-order chi connectivity index (χ0) is 21.8. The maximum atomic E-state index is 12.8. The minimum Gasteiger partial charge on any atom is -0.467 e. The number of hydrogen-bond donors (Lipinski definition) is 2. The minimum atomic E-state index is -0.695. The van der Waals surface area contributed by atoms with Gasteiger partial charge in [-0.3, -0.25) is 4.79 Å². The molecule has 30 heavy (non-hydrogen) atoms. The molecule has 2 aromatic rings. The second kappa shape index (κ2) is 9.15. The molecule has 1 atom stereocenters. The Balaban J connectivity index is 1.62. The third-order valence-corrected chi connectivity index (χ3v) is 5.50. The Kier molecular flexibility index (Phi) is 6.59. The quantitative estimate of drug-likeness (QED) is 0.715. The van der Waals surface area contributed by atoms with Gasteiger partial charge in [0.15, 0.2) is 5.82 Å². The largest absolute Gasteiger partial charge is 0.467 e. The summed E-state index contributed by atoms with van der Waals surface area (Å²) in [6.07, 6.45) is 1.35. The highest BCUT2D eigenvalue weighted by Gasteiger charge is 2.28. The van der Waals surface area contributed by atoms with Crippen LogP contribution in [0.4, 0.5) is 10.6 Å². The van der Waals surface area contributed by atoms with E-state index in [9.17, 15) is 14.4 Å². The van der Waals surface area contributed by atoms with Crippen molar-refractivity contribution in [3.05, 3.63) is 34.6 Å². The third kappa shape index (κ3) is 4.55. The normalized spacial score (nSPS) is 15.8. The molecule has 0 spiro atoms. The molecule has 1 aliphatic rings. The van der Waals surface area contributed by atoms with Gasteiger partial charge in [0.1, 0.15) is 6.04 Å². The number of anilines is 1. The molecule has 9 heteroatoms. The van der Waals surface area contributed by atoms with Crippen LogP contribution in [-0.4, -0.2) is 53.8 Å². The number of carbonyl (C=O) groups is 2. The van der Waals surface area contributed by atoms with E-state index in [0.717, 1.165) is 11.0 Å². The Hall–Kier alpha value is -3.10. The lowest BCUT2D eigenvalue weighted by Crippen LogP contribution is -2.53. The van der Waals surface area contributed by atoms with Gasteiger partial charge in [0, 0.05) is 26.2 Å². The third-order valence-electron chi connectivity index (χ3n) is 5.50. The predicted octanol–water partition coefficient (Wildman–Crippen LogP) is 1.40. The van der Waals surface area contributed by atoms with Gasteiger partial charge < -0.3 is 24.8 Å². The molecular weight excluding hydrogens is 386 g/mol. The Bertz CT molecular complexity index is 979. The molecule has 1 aromatic heterocycles. The van der Waals surface area contributed by atoms with Crippen molar-refractivity contribution in [2.75, 3.05) is 25.1 Å². The monoisotopic (exact) mass is 415 g/mol. The minimum absolute atomic E-state index is 0.0454. The lowest BCUT2D eigenvalue weighted by molar-refractivity contribution is -0.144. The molecule has 2 heterocycles. The van der Waals surface area contributed by atoms with Gasteiger partial charge in [0.25, 0.3) is 5.56 Å². The van der Waals surface area contributed by atoms with Gasteiger partial charge in [0.2, 0.25) is 0 Å². The number of carbonyl (C=O) groups excluding carboxylic acids is 2. The zero-order valence-electron chi connectivity index (χ0n) is 17.8. The first-order chi connectivity index (χ1) is 14.3. The number of rotatable bonds is 5. The van der Waals surface area contributed by atoms with E-state index in [-0.39, 0.29) is 17.5 Å². The van der Waals surface area contributed by atoms with Crippen LogP contribution < -0.4 is 21.1 Å². The van der Waals surface area contributed by atoms with Crippen molar-refractivity contribution in [1.29, 1.82) is 0 Å². The summed E-state index contributed by atoms with van der Waals surface area (Å²) in [5, 5.41) is 5.61. The van der Waals surface area contributed by atoms with E-state index >= 15 is 0 Å². The van der Waals surface area contributed by atoms with E-state index in [0.29, 0.717) is 31.7 Å². The average molecular weight is 415 g/mol. The number of piperidine rings is 1. The van der Waals surface area contributed by atoms with Gasteiger partial charge in [-0.15, -0.1) is 0 Å². The maximum absolute atomic E-state index is 12.8. The summed E-state index contributed by atoms with van der Waals surface area (Å²) in [5.41, 5.74) is 1.44. The van der Waals surface area contributed by atoms with Crippen LogP contribution in [0.2, 0.25) is 0 Å². The summed E-state index contributed by atoms with van der Waals surface area (Å²) in [6.45, 7) is 4.90. The molecule has 1 aliphatic heterocycles. The van der Waals surface area contributed by atoms with Gasteiger partial charge >= 0.3 is 12.0 Å². The molecule has 1 fully saturated rings. The molecule has 3 rings (SSSR count). The number of amides is 2. The highest BCUT2D eigenvalue weighted by atomic mass is 16.5. The smallest absolute Gasteiger partial charge is 0.328 e. The van der Waals surface area contributed by atoms with Crippen LogP contribution in [0.1, 0.15) is 26.7 Å².